The molecule has 0 amide bonds. The van der Waals surface area contributed by atoms with E-state index in [0.717, 1.165) is 9.36 Å². The second kappa shape index (κ2) is 3.77. The van der Waals surface area contributed by atoms with Crippen molar-refractivity contribution in [3.63, 3.8) is 0 Å². The van der Waals surface area contributed by atoms with Crippen LogP contribution in [-0.2, 0) is 6.42 Å². The second-order valence-electron chi connectivity index (χ2n) is 2.69. The van der Waals surface area contributed by atoms with E-state index in [1.807, 2.05) is 6.92 Å². The first-order valence-electron chi connectivity index (χ1n) is 4.23. The van der Waals surface area contributed by atoms with E-state index >= 15 is 0 Å². The molecule has 2 aromatic heterocycles. The Hall–Kier alpha value is -1.76. The average Bonchev–Trinajstić information content (AvgIpc) is 2.84. The lowest BCUT2D eigenvalue weighted by atomic mass is 10.5. The Labute approximate surface area is 89.7 Å². The quantitative estimate of drug-likeness (QED) is 0.712. The summed E-state index contributed by atoms with van der Waals surface area (Å²) in [6, 6.07) is -0.455. The number of halogens is 1. The minimum atomic E-state index is -0.455. The number of aryl methyl sites for hydroxylation is 1. The van der Waals surface area contributed by atoms with E-state index in [9.17, 15) is 4.79 Å². The number of aromatic nitrogens is 6. The Morgan fingerprint density at radius 2 is 2.40 bits per heavy atom. The SMILES string of the molecule is CCc1nc(Cl)nn1C(=O)n1cncn1. The minimum absolute atomic E-state index is 0.0420. The third-order valence-corrected chi connectivity index (χ3v) is 1.92. The Balaban J connectivity index is 2.41. The minimum Gasteiger partial charge on any atom is -0.243 e. The van der Waals surface area contributed by atoms with Gasteiger partial charge in [-0.25, -0.2) is 14.8 Å². The van der Waals surface area contributed by atoms with Crippen LogP contribution in [0.3, 0.4) is 0 Å². The summed E-state index contributed by atoms with van der Waals surface area (Å²) < 4.78 is 2.17. The van der Waals surface area contributed by atoms with Crippen LogP contribution in [0, 0.1) is 0 Å². The molecule has 78 valence electrons. The molecule has 7 nitrogen and oxygen atoms in total. The topological polar surface area (TPSA) is 78.5 Å². The van der Waals surface area contributed by atoms with E-state index < -0.39 is 6.03 Å². The van der Waals surface area contributed by atoms with Crippen molar-refractivity contribution in [3.05, 3.63) is 23.8 Å². The van der Waals surface area contributed by atoms with Crippen LogP contribution in [0.4, 0.5) is 4.79 Å². The van der Waals surface area contributed by atoms with E-state index in [1.54, 1.807) is 0 Å². The normalized spacial score (nSPS) is 10.5. The van der Waals surface area contributed by atoms with Crippen LogP contribution in [0.2, 0.25) is 5.28 Å². The van der Waals surface area contributed by atoms with Gasteiger partial charge in [0.1, 0.15) is 18.5 Å². The van der Waals surface area contributed by atoms with E-state index in [0.29, 0.717) is 12.2 Å². The molecule has 0 unspecified atom stereocenters. The molecule has 0 saturated heterocycles. The zero-order chi connectivity index (χ0) is 10.8. The van der Waals surface area contributed by atoms with Crippen LogP contribution < -0.4 is 0 Å². The standard InChI is InChI=1S/C7H7ClN6O/c1-2-5-11-6(8)12-14(5)7(15)13-4-9-3-10-13/h3-4H,2H2,1H3. The van der Waals surface area contributed by atoms with Gasteiger partial charge in [-0.3, -0.25) is 0 Å². The lowest BCUT2D eigenvalue weighted by molar-refractivity contribution is 0.237. The van der Waals surface area contributed by atoms with Crippen molar-refractivity contribution in [2.75, 3.05) is 0 Å². The summed E-state index contributed by atoms with van der Waals surface area (Å²) in [5, 5.41) is 7.51. The molecule has 0 aromatic carbocycles. The maximum absolute atomic E-state index is 11.8. The zero-order valence-electron chi connectivity index (χ0n) is 7.83. The summed E-state index contributed by atoms with van der Waals surface area (Å²) in [4.78, 5) is 19.3. The summed E-state index contributed by atoms with van der Waals surface area (Å²) in [6.45, 7) is 1.85. The van der Waals surface area contributed by atoms with Crippen LogP contribution in [0.15, 0.2) is 12.7 Å². The Bertz CT molecular complexity index is 476. The maximum atomic E-state index is 11.8. The number of hydrogen-bond acceptors (Lipinski definition) is 5. The highest BCUT2D eigenvalue weighted by Crippen LogP contribution is 2.05. The fourth-order valence-corrected chi connectivity index (χ4v) is 1.28. The fraction of sp³-hybridized carbons (Fsp3) is 0.286. The molecule has 0 fully saturated rings. The van der Waals surface area contributed by atoms with E-state index in [2.05, 4.69) is 20.2 Å². The van der Waals surface area contributed by atoms with Gasteiger partial charge >= 0.3 is 6.03 Å². The summed E-state index contributed by atoms with van der Waals surface area (Å²) in [6.07, 6.45) is 3.11. The molecule has 0 atom stereocenters. The van der Waals surface area contributed by atoms with Gasteiger partial charge in [0, 0.05) is 6.42 Å². The molecular weight excluding hydrogens is 220 g/mol. The van der Waals surface area contributed by atoms with Gasteiger partial charge in [-0.1, -0.05) is 6.92 Å². The summed E-state index contributed by atoms with van der Waals surface area (Å²) >= 11 is 5.61. The number of nitrogens with zero attached hydrogens (tertiary/aromatic N) is 6. The summed E-state index contributed by atoms with van der Waals surface area (Å²) in [5.41, 5.74) is 0. The van der Waals surface area contributed by atoms with Gasteiger partial charge < -0.3 is 0 Å². The van der Waals surface area contributed by atoms with Crippen molar-refractivity contribution >= 4 is 17.6 Å². The summed E-state index contributed by atoms with van der Waals surface area (Å²) in [5.74, 6) is 0.487. The molecule has 0 N–H and O–H groups in total. The molecule has 2 rings (SSSR count). The molecule has 2 heterocycles. The number of carbonyl (C=O) groups excluding carboxylic acids is 1. The van der Waals surface area contributed by atoms with E-state index in [4.69, 9.17) is 11.6 Å². The molecule has 2 aromatic rings. The van der Waals surface area contributed by atoms with E-state index in [-0.39, 0.29) is 5.28 Å². The predicted molar refractivity (Wildman–Crippen MR) is 50.6 cm³/mol. The zero-order valence-corrected chi connectivity index (χ0v) is 8.59. The molecule has 0 spiro atoms. The largest absolute Gasteiger partial charge is 0.372 e. The highest BCUT2D eigenvalue weighted by atomic mass is 35.5. The number of carbonyl (C=O) groups is 1. The monoisotopic (exact) mass is 226 g/mol. The molecule has 0 aliphatic carbocycles. The van der Waals surface area contributed by atoms with Crippen molar-refractivity contribution in [1.82, 2.24) is 29.5 Å². The van der Waals surface area contributed by atoms with Gasteiger partial charge in [-0.15, -0.1) is 5.10 Å². The van der Waals surface area contributed by atoms with Gasteiger partial charge in [0.05, 0.1) is 0 Å². The van der Waals surface area contributed by atoms with E-state index in [1.165, 1.54) is 12.7 Å². The van der Waals surface area contributed by atoms with Crippen molar-refractivity contribution in [1.29, 1.82) is 0 Å². The van der Waals surface area contributed by atoms with Crippen LogP contribution in [0.1, 0.15) is 12.7 Å². The molecule has 15 heavy (non-hydrogen) atoms. The molecule has 0 aliphatic heterocycles. The van der Waals surface area contributed by atoms with Gasteiger partial charge in [-0.05, 0) is 11.6 Å². The first-order chi connectivity index (χ1) is 7.22. The Kier molecular flexibility index (Phi) is 2.46. The molecular formula is C7H7ClN6O. The van der Waals surface area contributed by atoms with Gasteiger partial charge in [-0.2, -0.15) is 14.5 Å². The molecule has 0 radical (unpaired) electrons. The molecule has 0 saturated carbocycles. The lowest BCUT2D eigenvalue weighted by Gasteiger charge is -2.00. The van der Waals surface area contributed by atoms with Crippen molar-refractivity contribution in [2.24, 2.45) is 0 Å². The molecule has 8 heteroatoms. The van der Waals surface area contributed by atoms with Gasteiger partial charge in [0.15, 0.2) is 0 Å². The van der Waals surface area contributed by atoms with Crippen molar-refractivity contribution in [3.8, 4) is 0 Å². The van der Waals surface area contributed by atoms with Crippen molar-refractivity contribution < 1.29 is 4.79 Å². The van der Waals surface area contributed by atoms with Gasteiger partial charge in [0.2, 0.25) is 5.28 Å². The fourth-order valence-electron chi connectivity index (χ4n) is 1.10. The van der Waals surface area contributed by atoms with Crippen LogP contribution in [0.25, 0.3) is 0 Å². The number of rotatable bonds is 1. The second-order valence-corrected chi connectivity index (χ2v) is 3.02. The Morgan fingerprint density at radius 3 is 3.00 bits per heavy atom. The third-order valence-electron chi connectivity index (χ3n) is 1.76. The lowest BCUT2D eigenvalue weighted by Crippen LogP contribution is -2.23. The van der Waals surface area contributed by atoms with Gasteiger partial charge in [0.25, 0.3) is 0 Å². The van der Waals surface area contributed by atoms with Crippen LogP contribution in [0.5, 0.6) is 0 Å². The first-order valence-corrected chi connectivity index (χ1v) is 4.61. The first kappa shape index (κ1) is 9.78. The highest BCUT2D eigenvalue weighted by molar-refractivity contribution is 6.28. The maximum Gasteiger partial charge on any atom is 0.372 e. The van der Waals surface area contributed by atoms with Crippen LogP contribution in [-0.4, -0.2) is 35.6 Å². The Morgan fingerprint density at radius 1 is 1.60 bits per heavy atom. The smallest absolute Gasteiger partial charge is 0.243 e. The highest BCUT2D eigenvalue weighted by Gasteiger charge is 2.15. The summed E-state index contributed by atoms with van der Waals surface area (Å²) in [7, 11) is 0. The third kappa shape index (κ3) is 1.73. The van der Waals surface area contributed by atoms with Crippen LogP contribution >= 0.6 is 11.6 Å². The molecule has 0 aliphatic rings. The van der Waals surface area contributed by atoms with Crippen molar-refractivity contribution in [2.45, 2.75) is 13.3 Å². The predicted octanol–water partition coefficient (Wildman–Crippen LogP) is 0.602. The average molecular weight is 227 g/mol. The number of hydrogen-bond donors (Lipinski definition) is 0. The molecule has 0 bridgehead atoms.